The maximum absolute atomic E-state index is 2.63. The van der Waals surface area contributed by atoms with Gasteiger partial charge in [0, 0.05) is 25.5 Å². The average Bonchev–Trinajstić information content (AvgIpc) is 2.94. The summed E-state index contributed by atoms with van der Waals surface area (Å²) in [7, 11) is 0. The Morgan fingerprint density at radius 1 is 0.565 bits per heavy atom. The summed E-state index contributed by atoms with van der Waals surface area (Å²) in [4.78, 5) is 5.25. The van der Waals surface area contributed by atoms with Gasteiger partial charge in [-0.15, -0.1) is 0 Å². The third-order valence-electron chi connectivity index (χ3n) is 5.07. The molecule has 1 aliphatic rings. The highest BCUT2D eigenvalue weighted by Crippen LogP contribution is 2.23. The van der Waals surface area contributed by atoms with Crippen molar-refractivity contribution in [1.29, 1.82) is 0 Å². The average molecular weight is 323 g/mol. The van der Waals surface area contributed by atoms with Crippen LogP contribution in [0.4, 0.5) is 0 Å². The fourth-order valence-corrected chi connectivity index (χ4v) is 3.54. The Kier molecular flexibility index (Phi) is 12.2. The molecular weight excluding hydrogens is 280 g/mol. The van der Waals surface area contributed by atoms with Crippen LogP contribution in [0.3, 0.4) is 0 Å². The van der Waals surface area contributed by atoms with Gasteiger partial charge in [-0.05, 0) is 25.7 Å². The Labute approximate surface area is 146 Å². The summed E-state index contributed by atoms with van der Waals surface area (Å²) in [6, 6.07) is 0. The number of hydrogen-bond donors (Lipinski definition) is 0. The van der Waals surface area contributed by atoms with E-state index in [0.29, 0.717) is 6.17 Å². The van der Waals surface area contributed by atoms with Gasteiger partial charge in [0.15, 0.2) is 0 Å². The van der Waals surface area contributed by atoms with Crippen LogP contribution < -0.4 is 0 Å². The van der Waals surface area contributed by atoms with Crippen molar-refractivity contribution in [3.8, 4) is 0 Å². The van der Waals surface area contributed by atoms with Crippen LogP contribution in [0.5, 0.6) is 0 Å². The quantitative estimate of drug-likeness (QED) is 0.316. The maximum Gasteiger partial charge on any atom is 0.101 e. The van der Waals surface area contributed by atoms with Crippen molar-refractivity contribution in [3.63, 3.8) is 0 Å². The van der Waals surface area contributed by atoms with Gasteiger partial charge in [0.05, 0.1) is 0 Å². The lowest BCUT2D eigenvalue weighted by Gasteiger charge is -2.33. The third kappa shape index (κ3) is 8.67. The highest BCUT2D eigenvalue weighted by atomic mass is 15.4. The summed E-state index contributed by atoms with van der Waals surface area (Å²) in [5.74, 6) is 0. The van der Waals surface area contributed by atoms with E-state index < -0.39 is 0 Å². The first-order valence-corrected chi connectivity index (χ1v) is 10.5. The molecule has 1 unspecified atom stereocenters. The molecule has 0 bridgehead atoms. The lowest BCUT2D eigenvalue weighted by atomic mass is 10.1. The largest absolute Gasteiger partial charge is 0.356 e. The smallest absolute Gasteiger partial charge is 0.101 e. The van der Waals surface area contributed by atoms with Crippen LogP contribution in [0.1, 0.15) is 104 Å². The molecule has 0 aromatic carbocycles. The molecule has 1 rings (SSSR count). The minimum atomic E-state index is 0.648. The molecule has 0 aromatic heterocycles. The zero-order valence-electron chi connectivity index (χ0n) is 16.2. The normalized spacial score (nSPS) is 17.4. The molecule has 1 heterocycles. The monoisotopic (exact) mass is 322 g/mol. The van der Waals surface area contributed by atoms with Crippen LogP contribution in [-0.4, -0.2) is 29.1 Å². The van der Waals surface area contributed by atoms with Crippen molar-refractivity contribution < 1.29 is 0 Å². The molecule has 2 heteroatoms. The minimum absolute atomic E-state index is 0.648. The van der Waals surface area contributed by atoms with E-state index in [-0.39, 0.29) is 0 Å². The van der Waals surface area contributed by atoms with Gasteiger partial charge < -0.3 is 9.80 Å². The van der Waals surface area contributed by atoms with Crippen molar-refractivity contribution in [2.75, 3.05) is 13.1 Å². The van der Waals surface area contributed by atoms with Crippen molar-refractivity contribution in [3.05, 3.63) is 12.4 Å². The van der Waals surface area contributed by atoms with Gasteiger partial charge >= 0.3 is 0 Å². The van der Waals surface area contributed by atoms with Crippen LogP contribution >= 0.6 is 0 Å². The number of rotatable bonds is 15. The van der Waals surface area contributed by atoms with Crippen LogP contribution in [0.15, 0.2) is 12.4 Å². The van der Waals surface area contributed by atoms with E-state index in [1.165, 1.54) is 96.6 Å². The van der Waals surface area contributed by atoms with Crippen LogP contribution in [0, 0.1) is 0 Å². The second kappa shape index (κ2) is 13.7. The number of unbranched alkanes of at least 4 members (excludes halogenated alkanes) is 9. The Hall–Kier alpha value is -0.660. The molecule has 0 aromatic rings. The van der Waals surface area contributed by atoms with E-state index in [1.807, 2.05) is 0 Å². The lowest BCUT2D eigenvalue weighted by molar-refractivity contribution is 0.136. The second-order valence-electron chi connectivity index (χ2n) is 7.23. The maximum atomic E-state index is 2.63. The zero-order chi connectivity index (χ0) is 16.8. The molecule has 0 N–H and O–H groups in total. The fraction of sp³-hybridized carbons (Fsp3) is 0.905. The molecule has 0 spiro atoms. The van der Waals surface area contributed by atoms with Crippen LogP contribution in [0.25, 0.3) is 0 Å². The molecule has 23 heavy (non-hydrogen) atoms. The third-order valence-corrected chi connectivity index (χ3v) is 5.07. The highest BCUT2D eigenvalue weighted by molar-refractivity contribution is 4.96. The molecule has 136 valence electrons. The van der Waals surface area contributed by atoms with Gasteiger partial charge in [-0.3, -0.25) is 0 Å². The SMILES string of the molecule is CCCCCCCN1C=CN(CCCCC)C1CCCCCC. The first-order valence-electron chi connectivity index (χ1n) is 10.5. The summed E-state index contributed by atoms with van der Waals surface area (Å²) < 4.78 is 0. The summed E-state index contributed by atoms with van der Waals surface area (Å²) in [6.07, 6.45) is 23.2. The summed E-state index contributed by atoms with van der Waals surface area (Å²) >= 11 is 0. The predicted octanol–water partition coefficient (Wildman–Crippen LogP) is 6.53. The number of nitrogens with zero attached hydrogens (tertiary/aromatic N) is 2. The Balaban J connectivity index is 2.35. The van der Waals surface area contributed by atoms with E-state index in [0.717, 1.165) is 0 Å². The predicted molar refractivity (Wildman–Crippen MR) is 103 cm³/mol. The molecule has 0 saturated carbocycles. The van der Waals surface area contributed by atoms with Crippen molar-refractivity contribution in [2.45, 2.75) is 110 Å². The lowest BCUT2D eigenvalue weighted by Crippen LogP contribution is -2.39. The second-order valence-corrected chi connectivity index (χ2v) is 7.23. The molecule has 2 nitrogen and oxygen atoms in total. The topological polar surface area (TPSA) is 6.48 Å². The first-order chi connectivity index (χ1) is 11.3. The molecule has 1 aliphatic heterocycles. The first kappa shape index (κ1) is 20.4. The Bertz CT molecular complexity index is 288. The molecule has 0 radical (unpaired) electrons. The summed E-state index contributed by atoms with van der Waals surface area (Å²) in [5.41, 5.74) is 0. The minimum Gasteiger partial charge on any atom is -0.356 e. The summed E-state index contributed by atoms with van der Waals surface area (Å²) in [5, 5.41) is 0. The Morgan fingerprint density at radius 3 is 1.57 bits per heavy atom. The van der Waals surface area contributed by atoms with Gasteiger partial charge in [0.25, 0.3) is 0 Å². The molecule has 0 aliphatic carbocycles. The standard InChI is InChI=1S/C21H42N2/c1-4-7-10-12-15-18-23-20-19-22(17-14-9-6-3)21(23)16-13-11-8-5-2/h19-21H,4-18H2,1-3H3. The molecular formula is C21H42N2. The van der Waals surface area contributed by atoms with E-state index in [9.17, 15) is 0 Å². The van der Waals surface area contributed by atoms with E-state index in [1.54, 1.807) is 0 Å². The van der Waals surface area contributed by atoms with Gasteiger partial charge in [0.2, 0.25) is 0 Å². The van der Waals surface area contributed by atoms with Crippen LogP contribution in [-0.2, 0) is 0 Å². The van der Waals surface area contributed by atoms with E-state index >= 15 is 0 Å². The van der Waals surface area contributed by atoms with Gasteiger partial charge in [-0.25, -0.2) is 0 Å². The number of hydrogen-bond acceptors (Lipinski definition) is 2. The van der Waals surface area contributed by atoms with Crippen molar-refractivity contribution in [2.24, 2.45) is 0 Å². The van der Waals surface area contributed by atoms with Gasteiger partial charge in [-0.2, -0.15) is 0 Å². The zero-order valence-corrected chi connectivity index (χ0v) is 16.2. The van der Waals surface area contributed by atoms with Crippen molar-refractivity contribution in [1.82, 2.24) is 9.80 Å². The van der Waals surface area contributed by atoms with Crippen molar-refractivity contribution >= 4 is 0 Å². The van der Waals surface area contributed by atoms with Crippen LogP contribution in [0.2, 0.25) is 0 Å². The molecule has 0 fully saturated rings. The van der Waals surface area contributed by atoms with Gasteiger partial charge in [0.1, 0.15) is 6.17 Å². The highest BCUT2D eigenvalue weighted by Gasteiger charge is 2.24. The van der Waals surface area contributed by atoms with Gasteiger partial charge in [-0.1, -0.05) is 78.6 Å². The fourth-order valence-electron chi connectivity index (χ4n) is 3.54. The molecule has 0 amide bonds. The Morgan fingerprint density at radius 2 is 1.00 bits per heavy atom. The van der Waals surface area contributed by atoms with E-state index in [2.05, 4.69) is 43.0 Å². The molecule has 1 atom stereocenters. The van der Waals surface area contributed by atoms with E-state index in [4.69, 9.17) is 0 Å². The summed E-state index contributed by atoms with van der Waals surface area (Å²) in [6.45, 7) is 9.39. The molecule has 0 saturated heterocycles.